The van der Waals surface area contributed by atoms with Gasteiger partial charge in [-0.1, -0.05) is 24.8 Å². The summed E-state index contributed by atoms with van der Waals surface area (Å²) in [5.41, 5.74) is 2.42. The summed E-state index contributed by atoms with van der Waals surface area (Å²) in [5.74, 6) is 0. The first kappa shape index (κ1) is 14.2. The van der Waals surface area contributed by atoms with Crippen LogP contribution in [0.4, 0.5) is 17.3 Å². The van der Waals surface area contributed by atoms with Gasteiger partial charge in [0.15, 0.2) is 6.20 Å². The molecular formula is C12H12BF4N. The number of aromatic nitrogens is 1. The van der Waals surface area contributed by atoms with Crippen molar-refractivity contribution < 1.29 is 21.8 Å². The summed E-state index contributed by atoms with van der Waals surface area (Å²) < 4.78 is 41.1. The average Bonchev–Trinajstić information content (AvgIpc) is 2.28. The summed E-state index contributed by atoms with van der Waals surface area (Å²) in [4.78, 5) is 0. The van der Waals surface area contributed by atoms with E-state index in [4.69, 9.17) is 0 Å². The SMILES string of the molecule is C=Cc1cc[n+](C)c2ccccc12.F[B-](F)(F)F. The van der Waals surface area contributed by atoms with Crippen molar-refractivity contribution in [1.82, 2.24) is 0 Å². The van der Waals surface area contributed by atoms with Gasteiger partial charge < -0.3 is 17.3 Å². The molecule has 0 spiro atoms. The van der Waals surface area contributed by atoms with Gasteiger partial charge in [-0.15, -0.1) is 0 Å². The number of benzene rings is 1. The first-order valence-corrected chi connectivity index (χ1v) is 5.20. The highest BCUT2D eigenvalue weighted by Gasteiger charge is 2.20. The molecular weight excluding hydrogens is 245 g/mol. The number of nitrogens with zero attached hydrogens (tertiary/aromatic N) is 1. The lowest BCUT2D eigenvalue weighted by atomic mass is 10.1. The van der Waals surface area contributed by atoms with E-state index in [-0.39, 0.29) is 0 Å². The first-order chi connectivity index (χ1) is 8.33. The molecule has 6 heteroatoms. The molecule has 0 radical (unpaired) electrons. The lowest BCUT2D eigenvalue weighted by Gasteiger charge is -1.99. The molecule has 2 rings (SSSR count). The number of halogens is 4. The van der Waals surface area contributed by atoms with Gasteiger partial charge in [0.2, 0.25) is 5.52 Å². The third-order valence-corrected chi connectivity index (χ3v) is 2.29. The Morgan fingerprint density at radius 2 is 1.67 bits per heavy atom. The predicted molar refractivity (Wildman–Crippen MR) is 65.4 cm³/mol. The first-order valence-electron chi connectivity index (χ1n) is 5.20. The molecule has 0 saturated heterocycles. The van der Waals surface area contributed by atoms with E-state index in [0.717, 1.165) is 0 Å². The van der Waals surface area contributed by atoms with Gasteiger partial charge >= 0.3 is 7.25 Å². The summed E-state index contributed by atoms with van der Waals surface area (Å²) in [6.45, 7) is 3.80. The maximum Gasteiger partial charge on any atom is 0.673 e. The fraction of sp³-hybridized carbons (Fsp3) is 0.0833. The van der Waals surface area contributed by atoms with Gasteiger partial charge in [-0.25, -0.2) is 4.57 Å². The van der Waals surface area contributed by atoms with Gasteiger partial charge in [0.25, 0.3) is 0 Å². The molecule has 96 valence electrons. The number of hydrogen-bond donors (Lipinski definition) is 0. The van der Waals surface area contributed by atoms with E-state index < -0.39 is 7.25 Å². The molecule has 0 N–H and O–H groups in total. The Morgan fingerprint density at radius 1 is 1.11 bits per heavy atom. The van der Waals surface area contributed by atoms with Crippen molar-refractivity contribution in [3.63, 3.8) is 0 Å². The molecule has 1 heterocycles. The van der Waals surface area contributed by atoms with Crippen molar-refractivity contribution in [3.05, 3.63) is 48.7 Å². The summed E-state index contributed by atoms with van der Waals surface area (Å²) in [5, 5.41) is 1.25. The van der Waals surface area contributed by atoms with Crippen LogP contribution >= 0.6 is 0 Å². The molecule has 0 saturated carbocycles. The smallest absolute Gasteiger partial charge is 0.418 e. The fourth-order valence-electron chi connectivity index (χ4n) is 1.57. The molecule has 0 bridgehead atoms. The van der Waals surface area contributed by atoms with Crippen LogP contribution < -0.4 is 4.57 Å². The average molecular weight is 257 g/mol. The van der Waals surface area contributed by atoms with E-state index in [2.05, 4.69) is 54.7 Å². The van der Waals surface area contributed by atoms with E-state index in [0.29, 0.717) is 0 Å². The van der Waals surface area contributed by atoms with Crippen LogP contribution in [0.5, 0.6) is 0 Å². The molecule has 18 heavy (non-hydrogen) atoms. The monoisotopic (exact) mass is 257 g/mol. The molecule has 1 nitrogen and oxygen atoms in total. The van der Waals surface area contributed by atoms with Crippen LogP contribution in [0.1, 0.15) is 5.56 Å². The van der Waals surface area contributed by atoms with E-state index in [1.807, 2.05) is 6.08 Å². The maximum atomic E-state index is 9.75. The Labute approximate surface area is 102 Å². The van der Waals surface area contributed by atoms with Crippen molar-refractivity contribution in [1.29, 1.82) is 0 Å². The zero-order valence-electron chi connectivity index (χ0n) is 9.78. The predicted octanol–water partition coefficient (Wildman–Crippen LogP) is 3.61. The van der Waals surface area contributed by atoms with Crippen LogP contribution in [-0.4, -0.2) is 7.25 Å². The molecule has 0 unspecified atom stereocenters. The van der Waals surface area contributed by atoms with Gasteiger partial charge in [-0.05, 0) is 11.6 Å². The summed E-state index contributed by atoms with van der Waals surface area (Å²) in [6, 6.07) is 10.4. The quantitative estimate of drug-likeness (QED) is 0.417. The molecule has 1 aromatic carbocycles. The number of rotatable bonds is 1. The second-order valence-electron chi connectivity index (χ2n) is 3.60. The Kier molecular flexibility index (Phi) is 4.47. The highest BCUT2D eigenvalue weighted by atomic mass is 19.5. The number of hydrogen-bond acceptors (Lipinski definition) is 0. The number of pyridine rings is 1. The summed E-state index contributed by atoms with van der Waals surface area (Å²) in [6.07, 6.45) is 3.95. The highest BCUT2D eigenvalue weighted by molar-refractivity contribution is 6.50. The van der Waals surface area contributed by atoms with Crippen molar-refractivity contribution >= 4 is 24.2 Å². The topological polar surface area (TPSA) is 3.88 Å². The van der Waals surface area contributed by atoms with Crippen LogP contribution in [0.3, 0.4) is 0 Å². The largest absolute Gasteiger partial charge is 0.673 e. The summed E-state index contributed by atoms with van der Waals surface area (Å²) in [7, 11) is -3.95. The maximum absolute atomic E-state index is 9.75. The van der Waals surface area contributed by atoms with Gasteiger partial charge in [0.05, 0.1) is 5.39 Å². The third-order valence-electron chi connectivity index (χ3n) is 2.29. The lowest BCUT2D eigenvalue weighted by Crippen LogP contribution is -2.28. The Bertz CT molecular complexity index is 545. The van der Waals surface area contributed by atoms with Crippen molar-refractivity contribution in [2.24, 2.45) is 7.05 Å². The van der Waals surface area contributed by atoms with E-state index in [1.54, 1.807) is 0 Å². The molecule has 2 aromatic rings. The highest BCUT2D eigenvalue weighted by Crippen LogP contribution is 2.15. The lowest BCUT2D eigenvalue weighted by molar-refractivity contribution is -0.644. The minimum atomic E-state index is -6.00. The number of aryl methyl sites for hydroxylation is 1. The standard InChI is InChI=1S/C12H12N.BF4/c1-3-10-8-9-13(2)12-7-5-4-6-11(10)12;2-1(3,4)5/h3-9H,1H2,2H3;/q+1;-1. The molecule has 1 aromatic heterocycles. The molecule has 0 aliphatic heterocycles. The van der Waals surface area contributed by atoms with Crippen molar-refractivity contribution in [2.45, 2.75) is 0 Å². The zero-order valence-corrected chi connectivity index (χ0v) is 9.78. The third kappa shape index (κ3) is 4.20. The van der Waals surface area contributed by atoms with E-state index in [9.17, 15) is 17.3 Å². The molecule has 0 amide bonds. The Balaban J connectivity index is 0.000000280. The van der Waals surface area contributed by atoms with Crippen molar-refractivity contribution in [2.75, 3.05) is 0 Å². The second-order valence-corrected chi connectivity index (χ2v) is 3.60. The van der Waals surface area contributed by atoms with E-state index in [1.165, 1.54) is 16.5 Å². The van der Waals surface area contributed by atoms with Crippen molar-refractivity contribution in [3.8, 4) is 0 Å². The number of para-hydroxylation sites is 1. The minimum Gasteiger partial charge on any atom is -0.418 e. The minimum absolute atomic E-state index is 1.19. The van der Waals surface area contributed by atoms with E-state index >= 15 is 0 Å². The van der Waals surface area contributed by atoms with Crippen LogP contribution in [0, 0.1) is 0 Å². The van der Waals surface area contributed by atoms with Gasteiger partial charge in [0, 0.05) is 12.1 Å². The van der Waals surface area contributed by atoms with Crippen LogP contribution in [0.25, 0.3) is 17.0 Å². The normalized spacial score (nSPS) is 10.7. The molecule has 0 atom stereocenters. The molecule has 0 fully saturated rings. The second kappa shape index (κ2) is 5.66. The Hall–Kier alpha value is -1.85. The molecule has 0 aliphatic rings. The molecule has 0 aliphatic carbocycles. The van der Waals surface area contributed by atoms with Crippen LogP contribution in [-0.2, 0) is 7.05 Å². The van der Waals surface area contributed by atoms with Gasteiger partial charge in [-0.3, -0.25) is 0 Å². The van der Waals surface area contributed by atoms with Crippen LogP contribution in [0.15, 0.2) is 43.1 Å². The van der Waals surface area contributed by atoms with Gasteiger partial charge in [-0.2, -0.15) is 0 Å². The van der Waals surface area contributed by atoms with Crippen LogP contribution in [0.2, 0.25) is 0 Å². The zero-order chi connectivity index (χ0) is 13.8. The van der Waals surface area contributed by atoms with Gasteiger partial charge in [0.1, 0.15) is 7.05 Å². The Morgan fingerprint density at radius 3 is 2.22 bits per heavy atom. The fourth-order valence-corrected chi connectivity index (χ4v) is 1.57. The number of fused-ring (bicyclic) bond motifs is 1. The summed E-state index contributed by atoms with van der Waals surface area (Å²) >= 11 is 0.